The Labute approximate surface area is 129 Å². The van der Waals surface area contributed by atoms with Crippen LogP contribution in [0.5, 0.6) is 0 Å². The fourth-order valence-electron chi connectivity index (χ4n) is 1.93. The molecule has 0 aliphatic rings. The van der Waals surface area contributed by atoms with Crippen LogP contribution in [-0.2, 0) is 4.79 Å². The molecule has 0 heterocycles. The first-order valence-corrected chi connectivity index (χ1v) is 7.64. The normalized spacial score (nSPS) is 14.7. The lowest BCUT2D eigenvalue weighted by atomic mass is 10.1. The summed E-state index contributed by atoms with van der Waals surface area (Å²) in [5.41, 5.74) is 7.15. The number of allylic oxidation sites excluding steroid dienone is 1. The largest absolute Gasteiger partial charge is 0.349 e. The number of nitrogens with two attached hydrogens (primary N) is 1. The van der Waals surface area contributed by atoms with Gasteiger partial charge in [0.2, 0.25) is 5.91 Å². The van der Waals surface area contributed by atoms with E-state index >= 15 is 0 Å². The highest BCUT2D eigenvalue weighted by atomic mass is 16.1. The van der Waals surface area contributed by atoms with Gasteiger partial charge in [0.15, 0.2) is 0 Å². The maximum absolute atomic E-state index is 11.8. The summed E-state index contributed by atoms with van der Waals surface area (Å²) in [6.45, 7) is 11.7. The fourth-order valence-corrected chi connectivity index (χ4v) is 1.93. The standard InChI is InChI=1S/C18H30N2O/c1-5-9-15(4)13-14-17(7-3)20-18(21)12-8-11-16(19)10-6-2/h6-8,11,13,16-17H,2-3,5,9-10,12,14,19H2,1,4H3,(H,20,21)/b11-8-,15-13+/t16-,17?/m1/s1. The molecule has 3 heteroatoms. The summed E-state index contributed by atoms with van der Waals surface area (Å²) in [7, 11) is 0. The van der Waals surface area contributed by atoms with Crippen LogP contribution in [0.3, 0.4) is 0 Å². The molecule has 0 saturated carbocycles. The number of hydrogen-bond acceptors (Lipinski definition) is 2. The van der Waals surface area contributed by atoms with E-state index in [-0.39, 0.29) is 18.0 Å². The van der Waals surface area contributed by atoms with Crippen LogP contribution < -0.4 is 11.1 Å². The van der Waals surface area contributed by atoms with Gasteiger partial charge in [0, 0.05) is 12.5 Å². The molecule has 0 aliphatic carbocycles. The van der Waals surface area contributed by atoms with Crippen molar-refractivity contribution >= 4 is 5.91 Å². The van der Waals surface area contributed by atoms with Crippen LogP contribution in [0.25, 0.3) is 0 Å². The van der Waals surface area contributed by atoms with Crippen molar-refractivity contribution in [1.82, 2.24) is 5.32 Å². The molecule has 1 amide bonds. The van der Waals surface area contributed by atoms with Gasteiger partial charge in [-0.15, -0.1) is 13.2 Å². The zero-order valence-electron chi connectivity index (χ0n) is 13.5. The minimum atomic E-state index is -0.0647. The summed E-state index contributed by atoms with van der Waals surface area (Å²) in [6, 6.07) is -0.0790. The summed E-state index contributed by atoms with van der Waals surface area (Å²) >= 11 is 0. The summed E-state index contributed by atoms with van der Waals surface area (Å²) < 4.78 is 0. The Balaban J connectivity index is 4.18. The van der Waals surface area contributed by atoms with Crippen molar-refractivity contribution in [1.29, 1.82) is 0 Å². The molecule has 118 valence electrons. The molecule has 2 atom stereocenters. The number of rotatable bonds is 11. The Morgan fingerprint density at radius 3 is 2.62 bits per heavy atom. The van der Waals surface area contributed by atoms with E-state index in [0.717, 1.165) is 25.7 Å². The van der Waals surface area contributed by atoms with Crippen LogP contribution in [0.4, 0.5) is 0 Å². The van der Waals surface area contributed by atoms with E-state index in [0.29, 0.717) is 6.42 Å². The van der Waals surface area contributed by atoms with Crippen molar-refractivity contribution in [2.24, 2.45) is 5.73 Å². The monoisotopic (exact) mass is 290 g/mol. The SMILES string of the molecule is C=CC[C@@H](N)/C=C\CC(=O)NC(C=C)C/C=C(\C)CCC. The van der Waals surface area contributed by atoms with Crippen molar-refractivity contribution < 1.29 is 4.79 Å². The Morgan fingerprint density at radius 1 is 1.33 bits per heavy atom. The third-order valence-corrected chi connectivity index (χ3v) is 3.12. The van der Waals surface area contributed by atoms with Gasteiger partial charge < -0.3 is 11.1 Å². The van der Waals surface area contributed by atoms with Gasteiger partial charge in [-0.3, -0.25) is 4.79 Å². The quantitative estimate of drug-likeness (QED) is 0.571. The van der Waals surface area contributed by atoms with Gasteiger partial charge in [-0.25, -0.2) is 0 Å². The lowest BCUT2D eigenvalue weighted by Crippen LogP contribution is -2.32. The fraction of sp³-hybridized carbons (Fsp3) is 0.500. The van der Waals surface area contributed by atoms with Crippen LogP contribution in [0.15, 0.2) is 49.1 Å². The number of carbonyl (C=O) groups is 1. The second-order valence-corrected chi connectivity index (χ2v) is 5.27. The molecule has 3 nitrogen and oxygen atoms in total. The van der Waals surface area contributed by atoms with Gasteiger partial charge in [0.25, 0.3) is 0 Å². The molecule has 0 fully saturated rings. The average molecular weight is 290 g/mol. The van der Waals surface area contributed by atoms with Crippen LogP contribution in [-0.4, -0.2) is 18.0 Å². The summed E-state index contributed by atoms with van der Waals surface area (Å²) in [4.78, 5) is 11.8. The molecule has 0 saturated heterocycles. The van der Waals surface area contributed by atoms with E-state index in [2.05, 4.69) is 38.4 Å². The zero-order valence-corrected chi connectivity index (χ0v) is 13.5. The van der Waals surface area contributed by atoms with E-state index in [1.54, 1.807) is 12.2 Å². The van der Waals surface area contributed by atoms with Crippen LogP contribution in [0.2, 0.25) is 0 Å². The van der Waals surface area contributed by atoms with Crippen molar-refractivity contribution in [3.8, 4) is 0 Å². The van der Waals surface area contributed by atoms with Crippen LogP contribution in [0, 0.1) is 0 Å². The molecule has 0 aromatic heterocycles. The summed E-state index contributed by atoms with van der Waals surface area (Å²) in [5.74, 6) is -0.0107. The maximum atomic E-state index is 11.8. The molecule has 0 radical (unpaired) electrons. The highest BCUT2D eigenvalue weighted by Crippen LogP contribution is 2.06. The van der Waals surface area contributed by atoms with Gasteiger partial charge >= 0.3 is 0 Å². The Hall–Kier alpha value is -1.61. The van der Waals surface area contributed by atoms with Gasteiger partial charge in [0.1, 0.15) is 0 Å². The second-order valence-electron chi connectivity index (χ2n) is 5.27. The van der Waals surface area contributed by atoms with Crippen molar-refractivity contribution in [2.75, 3.05) is 0 Å². The van der Waals surface area contributed by atoms with Gasteiger partial charge in [0.05, 0.1) is 6.04 Å². The smallest absolute Gasteiger partial charge is 0.224 e. The van der Waals surface area contributed by atoms with Gasteiger partial charge in [-0.05, 0) is 26.2 Å². The van der Waals surface area contributed by atoms with E-state index in [9.17, 15) is 4.79 Å². The minimum absolute atomic E-state index is 0.0107. The first-order valence-electron chi connectivity index (χ1n) is 7.64. The molecule has 0 spiro atoms. The van der Waals surface area contributed by atoms with E-state index < -0.39 is 0 Å². The van der Waals surface area contributed by atoms with Gasteiger partial charge in [-0.1, -0.05) is 49.3 Å². The Kier molecular flexibility index (Phi) is 11.2. The van der Waals surface area contributed by atoms with Crippen LogP contribution >= 0.6 is 0 Å². The highest BCUT2D eigenvalue weighted by Gasteiger charge is 2.06. The summed E-state index contributed by atoms with van der Waals surface area (Å²) in [5, 5.41) is 2.96. The molecule has 0 bridgehead atoms. The molecule has 0 rings (SSSR count). The lowest BCUT2D eigenvalue weighted by molar-refractivity contribution is -0.120. The predicted octanol–water partition coefficient (Wildman–Crippen LogP) is 3.64. The Bertz CT molecular complexity index is 383. The number of amides is 1. The van der Waals surface area contributed by atoms with E-state index in [1.807, 2.05) is 12.2 Å². The van der Waals surface area contributed by atoms with Crippen molar-refractivity contribution in [3.05, 3.63) is 49.1 Å². The molecule has 0 aromatic rings. The number of nitrogens with one attached hydrogen (secondary N) is 1. The van der Waals surface area contributed by atoms with E-state index in [4.69, 9.17) is 5.73 Å². The van der Waals surface area contributed by atoms with Crippen molar-refractivity contribution in [3.63, 3.8) is 0 Å². The average Bonchev–Trinajstić information content (AvgIpc) is 2.44. The van der Waals surface area contributed by atoms with E-state index in [1.165, 1.54) is 5.57 Å². The zero-order chi connectivity index (χ0) is 16.1. The molecule has 3 N–H and O–H groups in total. The molecule has 0 aliphatic heterocycles. The van der Waals surface area contributed by atoms with Crippen molar-refractivity contribution in [2.45, 2.75) is 58.0 Å². The first-order chi connectivity index (χ1) is 10.0. The molecular formula is C18H30N2O. The highest BCUT2D eigenvalue weighted by molar-refractivity contribution is 5.78. The lowest BCUT2D eigenvalue weighted by Gasteiger charge is -2.13. The number of carbonyl (C=O) groups excluding carboxylic acids is 1. The number of hydrogen-bond donors (Lipinski definition) is 2. The first kappa shape index (κ1) is 19.4. The predicted molar refractivity (Wildman–Crippen MR) is 92.0 cm³/mol. The van der Waals surface area contributed by atoms with Gasteiger partial charge in [-0.2, -0.15) is 0 Å². The molecule has 1 unspecified atom stereocenters. The molecule has 21 heavy (non-hydrogen) atoms. The molecule has 0 aromatic carbocycles. The second kappa shape index (κ2) is 12.2. The maximum Gasteiger partial charge on any atom is 0.224 e. The summed E-state index contributed by atoms with van der Waals surface area (Å²) in [6.07, 6.45) is 13.5. The Morgan fingerprint density at radius 2 is 2.05 bits per heavy atom. The third kappa shape index (κ3) is 10.8. The molecular weight excluding hydrogens is 260 g/mol. The third-order valence-electron chi connectivity index (χ3n) is 3.12. The topological polar surface area (TPSA) is 55.1 Å². The van der Waals surface area contributed by atoms with Crippen LogP contribution in [0.1, 0.15) is 46.0 Å². The minimum Gasteiger partial charge on any atom is -0.349 e.